The zero-order valence-corrected chi connectivity index (χ0v) is 11.8. The van der Waals surface area contributed by atoms with E-state index in [2.05, 4.69) is 11.8 Å². The van der Waals surface area contributed by atoms with Gasteiger partial charge in [-0.05, 0) is 24.1 Å². The molecule has 5 heteroatoms. The van der Waals surface area contributed by atoms with Crippen LogP contribution in [0.4, 0.5) is 5.69 Å². The first-order valence-electron chi connectivity index (χ1n) is 6.28. The zero-order valence-electron chi connectivity index (χ0n) is 11.0. The van der Waals surface area contributed by atoms with E-state index in [1.54, 1.807) is 18.2 Å². The molecule has 0 unspecified atom stereocenters. The molecule has 20 heavy (non-hydrogen) atoms. The van der Waals surface area contributed by atoms with E-state index in [-0.39, 0.29) is 24.3 Å². The number of benzene rings is 1. The Morgan fingerprint density at radius 1 is 1.35 bits per heavy atom. The summed E-state index contributed by atoms with van der Waals surface area (Å²) in [4.78, 5) is 25.4. The van der Waals surface area contributed by atoms with Crippen molar-refractivity contribution in [3.63, 3.8) is 0 Å². The lowest BCUT2D eigenvalue weighted by Crippen LogP contribution is -2.43. The number of piperidine rings is 1. The smallest absolute Gasteiger partial charge is 0.234 e. The molecule has 1 N–H and O–H groups in total. The normalized spacial score (nSPS) is 16.1. The molecule has 2 amide bonds. The predicted molar refractivity (Wildman–Crippen MR) is 76.3 cm³/mol. The van der Waals surface area contributed by atoms with Gasteiger partial charge >= 0.3 is 0 Å². The number of aliphatic hydroxyl groups excluding tert-OH is 1. The minimum Gasteiger partial charge on any atom is -0.384 e. The summed E-state index contributed by atoms with van der Waals surface area (Å²) < 4.78 is 0. The molecule has 0 atom stereocenters. The summed E-state index contributed by atoms with van der Waals surface area (Å²) >= 11 is 5.95. The number of halogens is 1. The van der Waals surface area contributed by atoms with Crippen LogP contribution in [-0.4, -0.2) is 23.5 Å². The molecule has 104 valence electrons. The third kappa shape index (κ3) is 3.01. The zero-order chi connectivity index (χ0) is 14.7. The van der Waals surface area contributed by atoms with E-state index in [4.69, 9.17) is 16.7 Å². The van der Waals surface area contributed by atoms with Gasteiger partial charge in [-0.15, -0.1) is 0 Å². The lowest BCUT2D eigenvalue weighted by Gasteiger charge is -2.29. The van der Waals surface area contributed by atoms with Gasteiger partial charge in [0.25, 0.3) is 0 Å². The molecule has 1 aliphatic heterocycles. The number of nitrogens with zero attached hydrogens (tertiary/aromatic N) is 1. The highest BCUT2D eigenvalue weighted by Crippen LogP contribution is 2.30. The first kappa shape index (κ1) is 14.6. The number of hydrogen-bond acceptors (Lipinski definition) is 3. The predicted octanol–water partition coefficient (Wildman–Crippen LogP) is 1.97. The van der Waals surface area contributed by atoms with Crippen molar-refractivity contribution in [2.24, 2.45) is 5.92 Å². The summed E-state index contributed by atoms with van der Waals surface area (Å²) in [6, 6.07) is 4.82. The SMILES string of the molecule is CC1CC(=O)N(c2cc(Cl)ccc2C#CCO)C(=O)C1. The van der Waals surface area contributed by atoms with Gasteiger partial charge < -0.3 is 5.11 Å². The van der Waals surface area contributed by atoms with Gasteiger partial charge in [0.15, 0.2) is 0 Å². The van der Waals surface area contributed by atoms with E-state index in [0.29, 0.717) is 29.1 Å². The molecule has 1 saturated heterocycles. The molecule has 2 rings (SSSR count). The minimum absolute atomic E-state index is 0.0532. The maximum absolute atomic E-state index is 12.1. The number of rotatable bonds is 1. The molecule has 0 saturated carbocycles. The van der Waals surface area contributed by atoms with Crippen LogP contribution in [0.3, 0.4) is 0 Å². The molecule has 1 aromatic carbocycles. The van der Waals surface area contributed by atoms with Gasteiger partial charge in [-0.2, -0.15) is 0 Å². The van der Waals surface area contributed by atoms with Crippen LogP contribution in [0.2, 0.25) is 5.02 Å². The maximum atomic E-state index is 12.1. The Morgan fingerprint density at radius 2 is 2.00 bits per heavy atom. The van der Waals surface area contributed by atoms with Gasteiger partial charge in [0.1, 0.15) is 6.61 Å². The van der Waals surface area contributed by atoms with E-state index >= 15 is 0 Å². The molecule has 1 aliphatic rings. The summed E-state index contributed by atoms with van der Waals surface area (Å²) in [7, 11) is 0. The van der Waals surface area contributed by atoms with Crippen LogP contribution in [0, 0.1) is 17.8 Å². The van der Waals surface area contributed by atoms with Crippen molar-refractivity contribution in [3.8, 4) is 11.8 Å². The third-order valence-corrected chi connectivity index (χ3v) is 3.28. The van der Waals surface area contributed by atoms with Gasteiger partial charge in [0.2, 0.25) is 11.8 Å². The molecular formula is C15H14ClNO3. The van der Waals surface area contributed by atoms with E-state index in [0.717, 1.165) is 4.90 Å². The number of amides is 2. The van der Waals surface area contributed by atoms with Gasteiger partial charge in [-0.25, -0.2) is 4.90 Å². The monoisotopic (exact) mass is 291 g/mol. The second-order valence-corrected chi connectivity index (χ2v) is 5.19. The van der Waals surface area contributed by atoms with Crippen LogP contribution in [-0.2, 0) is 9.59 Å². The molecule has 0 aliphatic carbocycles. The van der Waals surface area contributed by atoms with Crippen molar-refractivity contribution in [2.45, 2.75) is 19.8 Å². The molecule has 1 fully saturated rings. The number of hydrogen-bond donors (Lipinski definition) is 1. The first-order chi connectivity index (χ1) is 9.52. The fourth-order valence-corrected chi connectivity index (χ4v) is 2.36. The molecule has 0 aromatic heterocycles. The average molecular weight is 292 g/mol. The third-order valence-electron chi connectivity index (χ3n) is 3.05. The summed E-state index contributed by atoms with van der Waals surface area (Å²) in [5.41, 5.74) is 0.889. The van der Waals surface area contributed by atoms with E-state index in [9.17, 15) is 9.59 Å². The Kier molecular flexibility index (Phi) is 4.43. The Morgan fingerprint density at radius 3 is 2.60 bits per heavy atom. The number of carbonyl (C=O) groups is 2. The van der Waals surface area contributed by atoms with Gasteiger partial charge in [0, 0.05) is 23.4 Å². The van der Waals surface area contributed by atoms with E-state index < -0.39 is 0 Å². The highest BCUT2D eigenvalue weighted by molar-refractivity contribution is 6.31. The number of anilines is 1. The standard InChI is InChI=1S/C15H14ClNO3/c1-10-7-14(19)17(15(20)8-10)13-9-12(16)5-4-11(13)3-2-6-18/h4-5,9-10,18H,6-8H2,1H3. The van der Waals surface area contributed by atoms with Crippen LogP contribution in [0.25, 0.3) is 0 Å². The first-order valence-corrected chi connectivity index (χ1v) is 6.65. The van der Waals surface area contributed by atoms with Crippen molar-refractivity contribution < 1.29 is 14.7 Å². The molecular weight excluding hydrogens is 278 g/mol. The molecule has 4 nitrogen and oxygen atoms in total. The Hall–Kier alpha value is -1.83. The van der Waals surface area contributed by atoms with Gasteiger partial charge in [0.05, 0.1) is 5.69 Å². The summed E-state index contributed by atoms with van der Waals surface area (Å²) in [6.07, 6.45) is 0.649. The van der Waals surface area contributed by atoms with Crippen LogP contribution in [0.15, 0.2) is 18.2 Å². The Labute approximate surface area is 122 Å². The number of carbonyl (C=O) groups excluding carboxylic acids is 2. The van der Waals surface area contributed by atoms with Gasteiger partial charge in [-0.1, -0.05) is 30.4 Å². The summed E-state index contributed by atoms with van der Waals surface area (Å²) in [6.45, 7) is 1.58. The maximum Gasteiger partial charge on any atom is 0.234 e. The van der Waals surface area contributed by atoms with Crippen molar-refractivity contribution in [3.05, 3.63) is 28.8 Å². The molecule has 0 bridgehead atoms. The van der Waals surface area contributed by atoms with Crippen molar-refractivity contribution in [2.75, 3.05) is 11.5 Å². The Bertz CT molecular complexity index is 597. The summed E-state index contributed by atoms with van der Waals surface area (Å²) in [5.74, 6) is 4.81. The van der Waals surface area contributed by atoms with Crippen LogP contribution in [0.5, 0.6) is 0 Å². The largest absolute Gasteiger partial charge is 0.384 e. The van der Waals surface area contributed by atoms with Crippen LogP contribution < -0.4 is 4.90 Å². The lowest BCUT2D eigenvalue weighted by atomic mass is 9.96. The van der Waals surface area contributed by atoms with Crippen molar-refractivity contribution in [1.82, 2.24) is 0 Å². The van der Waals surface area contributed by atoms with E-state index in [1.807, 2.05) is 6.92 Å². The van der Waals surface area contributed by atoms with E-state index in [1.165, 1.54) is 0 Å². The number of aliphatic hydroxyl groups is 1. The fraction of sp³-hybridized carbons (Fsp3) is 0.333. The molecule has 1 heterocycles. The van der Waals surface area contributed by atoms with Crippen molar-refractivity contribution in [1.29, 1.82) is 0 Å². The highest BCUT2D eigenvalue weighted by Gasteiger charge is 2.32. The topological polar surface area (TPSA) is 57.6 Å². The average Bonchev–Trinajstić information content (AvgIpc) is 2.36. The fourth-order valence-electron chi connectivity index (χ4n) is 2.19. The lowest BCUT2D eigenvalue weighted by molar-refractivity contribution is -0.130. The van der Waals surface area contributed by atoms with Crippen LogP contribution in [0.1, 0.15) is 25.3 Å². The summed E-state index contributed by atoms with van der Waals surface area (Å²) in [5, 5.41) is 9.20. The quantitative estimate of drug-likeness (QED) is 0.636. The Balaban J connectivity index is 2.47. The van der Waals surface area contributed by atoms with Crippen molar-refractivity contribution >= 4 is 29.1 Å². The molecule has 0 radical (unpaired) electrons. The van der Waals surface area contributed by atoms with Crippen LogP contribution >= 0.6 is 11.6 Å². The highest BCUT2D eigenvalue weighted by atomic mass is 35.5. The second kappa shape index (κ2) is 6.08. The molecule has 0 spiro atoms. The van der Waals surface area contributed by atoms with Gasteiger partial charge in [-0.3, -0.25) is 9.59 Å². The second-order valence-electron chi connectivity index (χ2n) is 4.76. The number of imide groups is 1. The minimum atomic E-state index is -0.291. The molecule has 1 aromatic rings.